The van der Waals surface area contributed by atoms with E-state index in [-0.39, 0.29) is 5.91 Å². The topological polar surface area (TPSA) is 119 Å². The summed E-state index contributed by atoms with van der Waals surface area (Å²) in [7, 11) is 1.58. The number of hydrogen-bond acceptors (Lipinski definition) is 7. The average molecular weight is 564 g/mol. The summed E-state index contributed by atoms with van der Waals surface area (Å²) in [6, 6.07) is 16.3. The highest BCUT2D eigenvalue weighted by atomic mass is 16.1. The van der Waals surface area contributed by atoms with Gasteiger partial charge in [-0.1, -0.05) is 77.2 Å². The fourth-order valence-electron chi connectivity index (χ4n) is 3.92. The van der Waals surface area contributed by atoms with Gasteiger partial charge in [-0.15, -0.1) is 0 Å². The fourth-order valence-corrected chi connectivity index (χ4v) is 3.92. The van der Waals surface area contributed by atoms with Gasteiger partial charge in [0.1, 0.15) is 11.5 Å². The molecule has 0 spiro atoms. The molecular formula is C34H41N7O. The lowest BCUT2D eigenvalue weighted by Gasteiger charge is -2.08. The van der Waals surface area contributed by atoms with Crippen molar-refractivity contribution in [3.05, 3.63) is 90.0 Å². The predicted molar refractivity (Wildman–Crippen MR) is 171 cm³/mol. The second-order valence-corrected chi connectivity index (χ2v) is 9.79. The molecule has 5 rings (SSSR count). The van der Waals surface area contributed by atoms with Crippen LogP contribution in [0.15, 0.2) is 73.2 Å². The Labute approximate surface area is 249 Å². The van der Waals surface area contributed by atoms with Crippen molar-refractivity contribution in [1.29, 1.82) is 0 Å². The monoisotopic (exact) mass is 563 g/mol. The van der Waals surface area contributed by atoms with Gasteiger partial charge in [-0.2, -0.15) is 4.98 Å². The number of carbonyl (C=O) groups excluding carboxylic acids is 1. The Kier molecular flexibility index (Phi) is 13.5. The van der Waals surface area contributed by atoms with E-state index < -0.39 is 0 Å². The van der Waals surface area contributed by atoms with Crippen molar-refractivity contribution in [2.75, 3.05) is 18.1 Å². The highest BCUT2D eigenvalue weighted by molar-refractivity contribution is 5.94. The van der Waals surface area contributed by atoms with E-state index in [1.54, 1.807) is 37.8 Å². The molecule has 1 aliphatic carbocycles. The van der Waals surface area contributed by atoms with Crippen molar-refractivity contribution < 1.29 is 4.79 Å². The normalized spacial score (nSPS) is 11.8. The Morgan fingerprint density at radius 3 is 2.12 bits per heavy atom. The number of benzene rings is 1. The SMILES string of the molecule is C1CCCCC1.CCCC.CNC(=O)c1ccnc(C#Cc2ccc(Nc3ncc(-c4ccccn4)c(N)n3)cc2)c1. The Balaban J connectivity index is 0.000000412. The summed E-state index contributed by atoms with van der Waals surface area (Å²) in [6.45, 7) is 4.36. The largest absolute Gasteiger partial charge is 0.383 e. The second kappa shape index (κ2) is 17.8. The molecule has 0 atom stereocenters. The van der Waals surface area contributed by atoms with Gasteiger partial charge in [0.15, 0.2) is 0 Å². The Morgan fingerprint density at radius 2 is 1.55 bits per heavy atom. The van der Waals surface area contributed by atoms with Crippen LogP contribution in [-0.2, 0) is 0 Å². The van der Waals surface area contributed by atoms with Crippen LogP contribution in [0.5, 0.6) is 0 Å². The maximum Gasteiger partial charge on any atom is 0.251 e. The van der Waals surface area contributed by atoms with Crippen LogP contribution < -0.4 is 16.4 Å². The molecule has 0 aliphatic heterocycles. The van der Waals surface area contributed by atoms with Gasteiger partial charge < -0.3 is 16.4 Å². The molecule has 1 amide bonds. The highest BCUT2D eigenvalue weighted by Gasteiger charge is 2.08. The Morgan fingerprint density at radius 1 is 0.857 bits per heavy atom. The summed E-state index contributed by atoms with van der Waals surface area (Å²) >= 11 is 0. The Bertz CT molecular complexity index is 1430. The Hall–Kier alpha value is -4.77. The number of nitrogen functional groups attached to an aromatic ring is 1. The van der Waals surface area contributed by atoms with Crippen LogP contribution in [0.2, 0.25) is 0 Å². The van der Waals surface area contributed by atoms with E-state index in [9.17, 15) is 4.79 Å². The van der Waals surface area contributed by atoms with Crippen molar-refractivity contribution >= 4 is 23.4 Å². The molecule has 8 nitrogen and oxygen atoms in total. The maximum absolute atomic E-state index is 11.7. The molecule has 0 bridgehead atoms. The number of carbonyl (C=O) groups is 1. The molecular weight excluding hydrogens is 522 g/mol. The van der Waals surface area contributed by atoms with Crippen molar-refractivity contribution in [1.82, 2.24) is 25.3 Å². The molecule has 42 heavy (non-hydrogen) atoms. The number of rotatable bonds is 5. The minimum atomic E-state index is -0.179. The molecule has 4 N–H and O–H groups in total. The van der Waals surface area contributed by atoms with Gasteiger partial charge >= 0.3 is 0 Å². The van der Waals surface area contributed by atoms with E-state index in [0.717, 1.165) is 16.9 Å². The van der Waals surface area contributed by atoms with Crippen LogP contribution in [0, 0.1) is 11.8 Å². The molecule has 0 radical (unpaired) electrons. The van der Waals surface area contributed by atoms with Crippen LogP contribution in [0.25, 0.3) is 11.3 Å². The number of unbranched alkanes of at least 4 members (excludes halogenated alkanes) is 1. The molecule has 0 saturated heterocycles. The van der Waals surface area contributed by atoms with Crippen LogP contribution in [-0.4, -0.2) is 32.9 Å². The molecule has 8 heteroatoms. The average Bonchev–Trinajstić information content (AvgIpc) is 3.06. The molecule has 0 unspecified atom stereocenters. The van der Waals surface area contributed by atoms with Gasteiger partial charge in [0.2, 0.25) is 5.95 Å². The summed E-state index contributed by atoms with van der Waals surface area (Å²) in [4.78, 5) is 28.8. The number of amides is 1. The molecule has 1 aliphatic rings. The van der Waals surface area contributed by atoms with Crippen molar-refractivity contribution in [2.45, 2.75) is 65.2 Å². The zero-order chi connectivity index (χ0) is 30.0. The van der Waals surface area contributed by atoms with E-state index in [1.807, 2.05) is 42.5 Å². The lowest BCUT2D eigenvalue weighted by Crippen LogP contribution is -2.17. The van der Waals surface area contributed by atoms with Gasteiger partial charge in [-0.05, 0) is 54.5 Å². The third kappa shape index (κ3) is 10.7. The minimum absolute atomic E-state index is 0.179. The van der Waals surface area contributed by atoms with Gasteiger partial charge in [0.05, 0.1) is 11.3 Å². The van der Waals surface area contributed by atoms with Crippen LogP contribution >= 0.6 is 0 Å². The van der Waals surface area contributed by atoms with Gasteiger partial charge in [0, 0.05) is 42.5 Å². The molecule has 4 aromatic rings. The molecule has 1 fully saturated rings. The quantitative estimate of drug-likeness (QED) is 0.220. The van der Waals surface area contributed by atoms with Gasteiger partial charge in [-0.25, -0.2) is 9.97 Å². The summed E-state index contributed by atoms with van der Waals surface area (Å²) < 4.78 is 0. The van der Waals surface area contributed by atoms with Crippen molar-refractivity contribution in [2.24, 2.45) is 0 Å². The first-order chi connectivity index (χ1) is 20.5. The van der Waals surface area contributed by atoms with E-state index in [4.69, 9.17) is 5.73 Å². The summed E-state index contributed by atoms with van der Waals surface area (Å²) in [5.74, 6) is 6.56. The number of pyridine rings is 2. The third-order valence-corrected chi connectivity index (χ3v) is 6.48. The predicted octanol–water partition coefficient (Wildman–Crippen LogP) is 7.17. The number of aromatic nitrogens is 4. The van der Waals surface area contributed by atoms with Gasteiger partial charge in [0.25, 0.3) is 5.91 Å². The van der Waals surface area contributed by atoms with E-state index >= 15 is 0 Å². The summed E-state index contributed by atoms with van der Waals surface area (Å²) in [5, 5.41) is 5.70. The standard InChI is InChI=1S/C24H19N7O.C6H12.C4H10/c1-26-23(32)17-11-13-27-19(14-17)10-7-16-5-8-18(9-6-16)30-24-29-15-20(22(25)31-24)21-4-2-3-12-28-21;1-2-4-6-5-3-1;1-3-4-2/h2-6,8-9,11-15H,1H3,(H,26,32)(H3,25,29,30,31);1-6H2;3-4H2,1-2H3. The number of anilines is 3. The zero-order valence-corrected chi connectivity index (χ0v) is 24.9. The number of nitrogens with two attached hydrogens (primary N) is 1. The lowest BCUT2D eigenvalue weighted by atomic mass is 10.0. The van der Waals surface area contributed by atoms with Crippen LogP contribution in [0.1, 0.15) is 86.8 Å². The second-order valence-electron chi connectivity index (χ2n) is 9.79. The molecule has 3 heterocycles. The first kappa shape index (κ1) is 31.8. The lowest BCUT2D eigenvalue weighted by molar-refractivity contribution is 0.0963. The minimum Gasteiger partial charge on any atom is -0.383 e. The van der Waals surface area contributed by atoms with Crippen molar-refractivity contribution in [3.63, 3.8) is 0 Å². The first-order valence-electron chi connectivity index (χ1n) is 14.6. The molecule has 218 valence electrons. The summed E-state index contributed by atoms with van der Waals surface area (Å²) in [5.41, 5.74) is 10.1. The van der Waals surface area contributed by atoms with E-state index in [1.165, 1.54) is 51.4 Å². The fraction of sp³-hybridized carbons (Fsp3) is 0.324. The van der Waals surface area contributed by atoms with Crippen LogP contribution in [0.3, 0.4) is 0 Å². The van der Waals surface area contributed by atoms with Gasteiger partial charge in [-0.3, -0.25) is 9.78 Å². The maximum atomic E-state index is 11.7. The number of hydrogen-bond donors (Lipinski definition) is 3. The smallest absolute Gasteiger partial charge is 0.251 e. The molecule has 1 saturated carbocycles. The van der Waals surface area contributed by atoms with Crippen LogP contribution in [0.4, 0.5) is 17.5 Å². The highest BCUT2D eigenvalue weighted by Crippen LogP contribution is 2.23. The zero-order valence-electron chi connectivity index (χ0n) is 24.9. The molecule has 1 aromatic carbocycles. The van der Waals surface area contributed by atoms with E-state index in [0.29, 0.717) is 28.6 Å². The van der Waals surface area contributed by atoms with E-state index in [2.05, 4.69) is 56.3 Å². The number of nitrogens with one attached hydrogen (secondary N) is 2. The number of nitrogens with zero attached hydrogens (tertiary/aromatic N) is 4. The molecule has 3 aromatic heterocycles. The first-order valence-corrected chi connectivity index (χ1v) is 14.6. The third-order valence-electron chi connectivity index (χ3n) is 6.48. The van der Waals surface area contributed by atoms with Crippen molar-refractivity contribution in [3.8, 4) is 23.1 Å². The summed E-state index contributed by atoms with van der Waals surface area (Å²) in [6.07, 6.45) is 16.5.